The minimum atomic E-state index is -1.01. The van der Waals surface area contributed by atoms with Crippen LogP contribution in [-0.4, -0.2) is 66.2 Å². The standard InChI is InChI=1S/C24H27ClFN3O3/c1-16-2-5-18(25)14-22(16)27-10-12-28(13-11-27)23(30)21-15-29(24(31)32)9-8-20(21)17-3-6-19(26)7-4-17/h2-7,14,20-21H,8-13,15H2,1H3,(H,31,32)/t20-,21-/m1/s1. The highest BCUT2D eigenvalue weighted by Crippen LogP contribution is 2.35. The maximum Gasteiger partial charge on any atom is 0.407 e. The van der Waals surface area contributed by atoms with Gasteiger partial charge in [-0.2, -0.15) is 0 Å². The van der Waals surface area contributed by atoms with Gasteiger partial charge in [0.15, 0.2) is 0 Å². The molecule has 0 bridgehead atoms. The van der Waals surface area contributed by atoms with Gasteiger partial charge in [-0.3, -0.25) is 4.79 Å². The van der Waals surface area contributed by atoms with Crippen molar-refractivity contribution in [2.45, 2.75) is 19.3 Å². The average Bonchev–Trinajstić information content (AvgIpc) is 2.80. The molecule has 0 saturated carbocycles. The minimum Gasteiger partial charge on any atom is -0.465 e. The predicted octanol–water partition coefficient (Wildman–Crippen LogP) is 4.22. The monoisotopic (exact) mass is 459 g/mol. The number of piperazine rings is 1. The van der Waals surface area contributed by atoms with E-state index in [0.717, 1.165) is 16.8 Å². The Morgan fingerprint density at radius 2 is 1.69 bits per heavy atom. The molecule has 2 fully saturated rings. The first-order valence-electron chi connectivity index (χ1n) is 10.9. The number of aryl methyl sites for hydroxylation is 1. The maximum atomic E-state index is 13.5. The number of hydrogen-bond acceptors (Lipinski definition) is 3. The summed E-state index contributed by atoms with van der Waals surface area (Å²) in [6.07, 6.45) is -0.475. The summed E-state index contributed by atoms with van der Waals surface area (Å²) in [4.78, 5) is 30.5. The molecule has 170 valence electrons. The van der Waals surface area contributed by atoms with Gasteiger partial charge in [-0.25, -0.2) is 9.18 Å². The number of nitrogens with zero attached hydrogens (tertiary/aromatic N) is 3. The van der Waals surface area contributed by atoms with Crippen molar-refractivity contribution >= 4 is 29.3 Å². The third-order valence-corrected chi connectivity index (χ3v) is 6.84. The Morgan fingerprint density at radius 1 is 1.00 bits per heavy atom. The molecule has 6 nitrogen and oxygen atoms in total. The average molecular weight is 460 g/mol. The molecule has 0 spiro atoms. The van der Waals surface area contributed by atoms with Crippen molar-refractivity contribution in [2.75, 3.05) is 44.2 Å². The molecule has 32 heavy (non-hydrogen) atoms. The lowest BCUT2D eigenvalue weighted by Crippen LogP contribution is -2.54. The van der Waals surface area contributed by atoms with Crippen molar-refractivity contribution in [2.24, 2.45) is 5.92 Å². The number of benzene rings is 2. The van der Waals surface area contributed by atoms with Gasteiger partial charge in [-0.05, 0) is 54.7 Å². The van der Waals surface area contributed by atoms with E-state index in [0.29, 0.717) is 44.2 Å². The van der Waals surface area contributed by atoms with Crippen LogP contribution in [0.1, 0.15) is 23.5 Å². The largest absolute Gasteiger partial charge is 0.465 e. The van der Waals surface area contributed by atoms with E-state index in [1.54, 1.807) is 12.1 Å². The second-order valence-electron chi connectivity index (χ2n) is 8.52. The van der Waals surface area contributed by atoms with Crippen molar-refractivity contribution in [3.63, 3.8) is 0 Å². The van der Waals surface area contributed by atoms with E-state index in [1.165, 1.54) is 17.0 Å². The summed E-state index contributed by atoms with van der Waals surface area (Å²) in [5.41, 5.74) is 3.08. The SMILES string of the molecule is Cc1ccc(Cl)cc1N1CCN(C(=O)[C@@H]2CN(C(=O)O)CC[C@@H]2c2ccc(F)cc2)CC1. The van der Waals surface area contributed by atoms with Gasteiger partial charge >= 0.3 is 6.09 Å². The molecule has 1 N–H and O–H groups in total. The number of hydrogen-bond donors (Lipinski definition) is 1. The van der Waals surface area contributed by atoms with Crippen LogP contribution < -0.4 is 4.90 Å². The molecular weight excluding hydrogens is 433 g/mol. The van der Waals surface area contributed by atoms with Crippen LogP contribution in [-0.2, 0) is 4.79 Å². The van der Waals surface area contributed by atoms with Crippen LogP contribution in [0.2, 0.25) is 5.02 Å². The van der Waals surface area contributed by atoms with Crippen molar-refractivity contribution in [1.29, 1.82) is 0 Å². The predicted molar refractivity (Wildman–Crippen MR) is 122 cm³/mol. The maximum absolute atomic E-state index is 13.5. The van der Waals surface area contributed by atoms with Gasteiger partial charge in [-0.1, -0.05) is 29.8 Å². The summed E-state index contributed by atoms with van der Waals surface area (Å²) in [6, 6.07) is 12.0. The highest BCUT2D eigenvalue weighted by atomic mass is 35.5. The lowest BCUT2D eigenvalue weighted by atomic mass is 9.79. The van der Waals surface area contributed by atoms with Gasteiger partial charge in [0, 0.05) is 50.0 Å². The van der Waals surface area contributed by atoms with Crippen molar-refractivity contribution in [3.05, 3.63) is 64.4 Å². The lowest BCUT2D eigenvalue weighted by Gasteiger charge is -2.42. The smallest absolute Gasteiger partial charge is 0.407 e. The molecular formula is C24H27ClFN3O3. The molecule has 2 heterocycles. The third kappa shape index (κ3) is 4.67. The topological polar surface area (TPSA) is 64.1 Å². The molecule has 0 unspecified atom stereocenters. The molecule has 2 saturated heterocycles. The summed E-state index contributed by atoms with van der Waals surface area (Å²) in [7, 11) is 0. The zero-order chi connectivity index (χ0) is 22.8. The first-order chi connectivity index (χ1) is 15.3. The molecule has 0 aliphatic carbocycles. The van der Waals surface area contributed by atoms with E-state index >= 15 is 0 Å². The van der Waals surface area contributed by atoms with E-state index in [2.05, 4.69) is 4.90 Å². The summed E-state index contributed by atoms with van der Waals surface area (Å²) in [5.74, 6) is -0.976. The van der Waals surface area contributed by atoms with Gasteiger partial charge in [-0.15, -0.1) is 0 Å². The quantitative estimate of drug-likeness (QED) is 0.746. The molecule has 2 aliphatic heterocycles. The second-order valence-corrected chi connectivity index (χ2v) is 8.96. The fourth-order valence-electron chi connectivity index (χ4n) is 4.81. The highest BCUT2D eigenvalue weighted by Gasteiger charge is 2.39. The fourth-order valence-corrected chi connectivity index (χ4v) is 4.98. The van der Waals surface area contributed by atoms with Crippen molar-refractivity contribution in [3.8, 4) is 0 Å². The Bertz CT molecular complexity index is 992. The summed E-state index contributed by atoms with van der Waals surface area (Å²) >= 11 is 6.17. The number of carbonyl (C=O) groups is 2. The van der Waals surface area contributed by atoms with Crippen LogP contribution in [0.25, 0.3) is 0 Å². The number of anilines is 1. The highest BCUT2D eigenvalue weighted by molar-refractivity contribution is 6.30. The van der Waals surface area contributed by atoms with Gasteiger partial charge in [0.2, 0.25) is 5.91 Å². The van der Waals surface area contributed by atoms with E-state index in [-0.39, 0.29) is 24.2 Å². The molecule has 2 aliphatic rings. The van der Waals surface area contributed by atoms with Gasteiger partial charge in [0.1, 0.15) is 5.82 Å². The summed E-state index contributed by atoms with van der Waals surface area (Å²) in [5, 5.41) is 10.2. The normalized spacial score (nSPS) is 21.5. The molecule has 2 aromatic rings. The third-order valence-electron chi connectivity index (χ3n) is 6.60. The molecule has 0 aromatic heterocycles. The van der Waals surface area contributed by atoms with E-state index in [4.69, 9.17) is 11.6 Å². The number of halogens is 2. The van der Waals surface area contributed by atoms with Gasteiger partial charge < -0.3 is 19.8 Å². The Hall–Kier alpha value is -2.80. The number of rotatable bonds is 3. The number of likely N-dealkylation sites (tertiary alicyclic amines) is 1. The van der Waals surface area contributed by atoms with Crippen molar-refractivity contribution in [1.82, 2.24) is 9.80 Å². The van der Waals surface area contributed by atoms with Gasteiger partial charge in [0.25, 0.3) is 0 Å². The zero-order valence-electron chi connectivity index (χ0n) is 18.0. The summed E-state index contributed by atoms with van der Waals surface area (Å²) in [6.45, 7) is 5.05. The molecule has 8 heteroatoms. The number of amides is 2. The van der Waals surface area contributed by atoms with Gasteiger partial charge in [0.05, 0.1) is 5.92 Å². The Morgan fingerprint density at radius 3 is 2.34 bits per heavy atom. The molecule has 2 amide bonds. The molecule has 4 rings (SSSR count). The summed E-state index contributed by atoms with van der Waals surface area (Å²) < 4.78 is 13.4. The lowest BCUT2D eigenvalue weighted by molar-refractivity contribution is -0.138. The Labute approximate surface area is 192 Å². The molecule has 2 aromatic carbocycles. The number of piperidine rings is 1. The van der Waals surface area contributed by atoms with Crippen LogP contribution >= 0.6 is 11.6 Å². The first-order valence-corrected chi connectivity index (χ1v) is 11.2. The van der Waals surface area contributed by atoms with E-state index in [1.807, 2.05) is 30.0 Å². The Kier molecular flexibility index (Phi) is 6.55. The van der Waals surface area contributed by atoms with Crippen molar-refractivity contribution < 1.29 is 19.1 Å². The zero-order valence-corrected chi connectivity index (χ0v) is 18.8. The Balaban J connectivity index is 1.49. The number of carboxylic acid groups (broad SMARTS) is 1. The second kappa shape index (κ2) is 9.36. The van der Waals surface area contributed by atoms with Crippen LogP contribution in [0.4, 0.5) is 14.9 Å². The van der Waals surface area contributed by atoms with Crippen LogP contribution in [0.5, 0.6) is 0 Å². The van der Waals surface area contributed by atoms with Crippen LogP contribution in [0, 0.1) is 18.7 Å². The fraction of sp³-hybridized carbons (Fsp3) is 0.417. The first kappa shape index (κ1) is 22.4. The molecule has 0 radical (unpaired) electrons. The van der Waals surface area contributed by atoms with Crippen LogP contribution in [0.3, 0.4) is 0 Å². The van der Waals surface area contributed by atoms with Crippen LogP contribution in [0.15, 0.2) is 42.5 Å². The minimum absolute atomic E-state index is 0.0345. The number of carbonyl (C=O) groups excluding carboxylic acids is 1. The molecule has 2 atom stereocenters. The van der Waals surface area contributed by atoms with E-state index in [9.17, 15) is 19.1 Å². The van der Waals surface area contributed by atoms with E-state index < -0.39 is 12.0 Å².